The van der Waals surface area contributed by atoms with Crippen molar-refractivity contribution in [1.29, 1.82) is 0 Å². The van der Waals surface area contributed by atoms with Gasteiger partial charge in [0.15, 0.2) is 0 Å². The molecule has 2 aromatic rings. The van der Waals surface area contributed by atoms with Crippen LogP contribution in [0.25, 0.3) is 0 Å². The number of benzene rings is 2. The molecule has 2 aromatic carbocycles. The van der Waals surface area contributed by atoms with Gasteiger partial charge >= 0.3 is 0 Å². The lowest BCUT2D eigenvalue weighted by molar-refractivity contribution is 0.287. The van der Waals surface area contributed by atoms with Gasteiger partial charge in [-0.15, -0.1) is 0 Å². The highest BCUT2D eigenvalue weighted by Gasteiger charge is 2.10. The molecular weight excluding hydrogens is 226 g/mol. The molecule has 0 saturated carbocycles. The van der Waals surface area contributed by atoms with Gasteiger partial charge in [0.05, 0.1) is 6.04 Å². The molecule has 3 heteroatoms. The van der Waals surface area contributed by atoms with Crippen molar-refractivity contribution in [2.75, 3.05) is 6.61 Å². The zero-order chi connectivity index (χ0) is 13.0. The van der Waals surface area contributed by atoms with Crippen LogP contribution in [-0.2, 0) is 0 Å². The predicted octanol–water partition coefficient (Wildman–Crippen LogP) is 2.78. The summed E-state index contributed by atoms with van der Waals surface area (Å²) in [7, 11) is 0. The SMILES string of the molecule is Cc1ccc(OCC(N)c2ccccc2O)cc1. The smallest absolute Gasteiger partial charge is 0.120 e. The van der Waals surface area contributed by atoms with Crippen LogP contribution in [0.2, 0.25) is 0 Å². The van der Waals surface area contributed by atoms with Crippen molar-refractivity contribution < 1.29 is 9.84 Å². The van der Waals surface area contributed by atoms with Crippen LogP contribution in [0.3, 0.4) is 0 Å². The number of ether oxygens (including phenoxy) is 1. The van der Waals surface area contributed by atoms with E-state index in [2.05, 4.69) is 0 Å². The first kappa shape index (κ1) is 12.5. The Morgan fingerprint density at radius 2 is 1.78 bits per heavy atom. The Labute approximate surface area is 107 Å². The van der Waals surface area contributed by atoms with Gasteiger partial charge in [-0.25, -0.2) is 0 Å². The quantitative estimate of drug-likeness (QED) is 0.868. The van der Waals surface area contributed by atoms with E-state index in [9.17, 15) is 5.11 Å². The van der Waals surface area contributed by atoms with Crippen molar-refractivity contribution in [3.63, 3.8) is 0 Å². The van der Waals surface area contributed by atoms with Gasteiger partial charge in [-0.3, -0.25) is 0 Å². The molecule has 1 unspecified atom stereocenters. The molecule has 0 aromatic heterocycles. The summed E-state index contributed by atoms with van der Waals surface area (Å²) < 4.78 is 5.60. The lowest BCUT2D eigenvalue weighted by Crippen LogP contribution is -2.19. The Kier molecular flexibility index (Phi) is 3.85. The van der Waals surface area contributed by atoms with E-state index >= 15 is 0 Å². The summed E-state index contributed by atoms with van der Waals surface area (Å²) in [6, 6.07) is 14.5. The van der Waals surface area contributed by atoms with Gasteiger partial charge in [-0.1, -0.05) is 35.9 Å². The molecule has 1 atom stereocenters. The highest BCUT2D eigenvalue weighted by molar-refractivity contribution is 5.34. The number of nitrogens with two attached hydrogens (primary N) is 1. The van der Waals surface area contributed by atoms with E-state index in [0.717, 1.165) is 5.75 Å². The number of aromatic hydroxyl groups is 1. The largest absolute Gasteiger partial charge is 0.508 e. The topological polar surface area (TPSA) is 55.5 Å². The van der Waals surface area contributed by atoms with Gasteiger partial charge in [0, 0.05) is 5.56 Å². The Morgan fingerprint density at radius 3 is 2.44 bits per heavy atom. The maximum atomic E-state index is 9.68. The molecule has 0 heterocycles. The molecule has 0 radical (unpaired) electrons. The molecule has 0 bridgehead atoms. The summed E-state index contributed by atoms with van der Waals surface area (Å²) >= 11 is 0. The first-order chi connectivity index (χ1) is 8.66. The highest BCUT2D eigenvalue weighted by Crippen LogP contribution is 2.22. The number of aryl methyl sites for hydroxylation is 1. The lowest BCUT2D eigenvalue weighted by Gasteiger charge is -2.14. The Morgan fingerprint density at radius 1 is 1.11 bits per heavy atom. The van der Waals surface area contributed by atoms with Crippen LogP contribution in [-0.4, -0.2) is 11.7 Å². The maximum Gasteiger partial charge on any atom is 0.120 e. The van der Waals surface area contributed by atoms with Crippen LogP contribution < -0.4 is 10.5 Å². The van der Waals surface area contributed by atoms with E-state index < -0.39 is 0 Å². The van der Waals surface area contributed by atoms with E-state index in [4.69, 9.17) is 10.5 Å². The second-order valence-corrected chi connectivity index (χ2v) is 4.29. The van der Waals surface area contributed by atoms with E-state index in [0.29, 0.717) is 12.2 Å². The molecule has 3 N–H and O–H groups in total. The number of rotatable bonds is 4. The fraction of sp³-hybridized carbons (Fsp3) is 0.200. The van der Waals surface area contributed by atoms with Crippen molar-refractivity contribution in [3.8, 4) is 11.5 Å². The van der Waals surface area contributed by atoms with Gasteiger partial charge in [-0.05, 0) is 25.1 Å². The zero-order valence-electron chi connectivity index (χ0n) is 10.3. The van der Waals surface area contributed by atoms with Crippen LogP contribution in [0.5, 0.6) is 11.5 Å². The third-order valence-corrected chi connectivity index (χ3v) is 2.79. The molecule has 0 aliphatic rings. The van der Waals surface area contributed by atoms with Gasteiger partial charge in [0.25, 0.3) is 0 Å². The van der Waals surface area contributed by atoms with Crippen LogP contribution in [0.1, 0.15) is 17.2 Å². The van der Waals surface area contributed by atoms with Gasteiger partial charge in [0.2, 0.25) is 0 Å². The van der Waals surface area contributed by atoms with Crippen LogP contribution in [0, 0.1) is 6.92 Å². The first-order valence-corrected chi connectivity index (χ1v) is 5.90. The van der Waals surface area contributed by atoms with Crippen molar-refractivity contribution in [2.24, 2.45) is 5.73 Å². The Balaban J connectivity index is 1.98. The van der Waals surface area contributed by atoms with Crippen LogP contribution in [0.4, 0.5) is 0 Å². The number of para-hydroxylation sites is 1. The van der Waals surface area contributed by atoms with E-state index in [1.807, 2.05) is 37.3 Å². The predicted molar refractivity (Wildman–Crippen MR) is 71.7 cm³/mol. The molecule has 0 aliphatic heterocycles. The molecule has 0 amide bonds. The molecular formula is C15H17NO2. The maximum absolute atomic E-state index is 9.68. The van der Waals surface area contributed by atoms with Crippen molar-refractivity contribution in [3.05, 3.63) is 59.7 Å². The highest BCUT2D eigenvalue weighted by atomic mass is 16.5. The van der Waals surface area contributed by atoms with Crippen molar-refractivity contribution >= 4 is 0 Å². The monoisotopic (exact) mass is 243 g/mol. The van der Waals surface area contributed by atoms with Gasteiger partial charge in [0.1, 0.15) is 18.1 Å². The summed E-state index contributed by atoms with van der Waals surface area (Å²) in [5.41, 5.74) is 7.87. The van der Waals surface area contributed by atoms with E-state index in [-0.39, 0.29) is 11.8 Å². The fourth-order valence-corrected chi connectivity index (χ4v) is 1.71. The third kappa shape index (κ3) is 3.02. The van der Waals surface area contributed by atoms with Crippen molar-refractivity contribution in [1.82, 2.24) is 0 Å². The van der Waals surface area contributed by atoms with Gasteiger partial charge < -0.3 is 15.6 Å². The number of phenols is 1. The Bertz CT molecular complexity index is 508. The zero-order valence-corrected chi connectivity index (χ0v) is 10.3. The lowest BCUT2D eigenvalue weighted by atomic mass is 10.1. The second-order valence-electron chi connectivity index (χ2n) is 4.29. The third-order valence-electron chi connectivity index (χ3n) is 2.79. The summed E-state index contributed by atoms with van der Waals surface area (Å²) in [6.45, 7) is 2.36. The van der Waals surface area contributed by atoms with E-state index in [1.54, 1.807) is 18.2 Å². The second kappa shape index (κ2) is 5.56. The summed E-state index contributed by atoms with van der Waals surface area (Å²) in [4.78, 5) is 0. The van der Waals surface area contributed by atoms with Crippen molar-refractivity contribution in [2.45, 2.75) is 13.0 Å². The average Bonchev–Trinajstić information content (AvgIpc) is 2.38. The molecule has 0 saturated heterocycles. The van der Waals surface area contributed by atoms with Gasteiger partial charge in [-0.2, -0.15) is 0 Å². The summed E-state index contributed by atoms with van der Waals surface area (Å²) in [5.74, 6) is 0.990. The molecule has 3 nitrogen and oxygen atoms in total. The molecule has 0 spiro atoms. The van der Waals surface area contributed by atoms with Crippen LogP contribution >= 0.6 is 0 Å². The molecule has 0 aliphatic carbocycles. The average molecular weight is 243 g/mol. The normalized spacial score (nSPS) is 12.1. The number of phenolic OH excluding ortho intramolecular Hbond substituents is 1. The molecule has 0 fully saturated rings. The Hall–Kier alpha value is -2.00. The summed E-state index contributed by atoms with van der Waals surface area (Å²) in [5, 5.41) is 9.68. The minimum atomic E-state index is -0.340. The number of hydrogen-bond acceptors (Lipinski definition) is 3. The number of hydrogen-bond donors (Lipinski definition) is 2. The molecule has 18 heavy (non-hydrogen) atoms. The minimum absolute atomic E-state index is 0.206. The van der Waals surface area contributed by atoms with E-state index in [1.165, 1.54) is 5.56 Å². The molecule has 94 valence electrons. The first-order valence-electron chi connectivity index (χ1n) is 5.90. The standard InChI is InChI=1S/C15H17NO2/c1-11-6-8-12(9-7-11)18-10-14(16)13-4-2-3-5-15(13)17/h2-9,14,17H,10,16H2,1H3. The summed E-state index contributed by atoms with van der Waals surface area (Å²) in [6.07, 6.45) is 0. The fourth-order valence-electron chi connectivity index (χ4n) is 1.71. The minimum Gasteiger partial charge on any atom is -0.508 e. The van der Waals surface area contributed by atoms with Crippen LogP contribution in [0.15, 0.2) is 48.5 Å². The molecule has 2 rings (SSSR count).